The summed E-state index contributed by atoms with van der Waals surface area (Å²) in [6, 6.07) is 3.56. The highest BCUT2D eigenvalue weighted by Crippen LogP contribution is 2.17. The molecule has 0 bridgehead atoms. The highest BCUT2D eigenvalue weighted by Gasteiger charge is 2.08. The summed E-state index contributed by atoms with van der Waals surface area (Å²) < 4.78 is 0. The topological polar surface area (TPSA) is 58.0 Å². The van der Waals surface area contributed by atoms with Crippen molar-refractivity contribution in [2.24, 2.45) is 0 Å². The first kappa shape index (κ1) is 13.3. The van der Waals surface area contributed by atoms with Crippen molar-refractivity contribution in [3.63, 3.8) is 0 Å². The Bertz CT molecular complexity index is 504. The highest BCUT2D eigenvalue weighted by atomic mass is 35.5. The largest absolute Gasteiger partial charge is 0.387 e. The van der Waals surface area contributed by atoms with Crippen LogP contribution in [0, 0.1) is 0 Å². The lowest BCUT2D eigenvalue weighted by Gasteiger charge is -2.11. The zero-order valence-electron chi connectivity index (χ0n) is 9.93. The molecule has 0 saturated carbocycles. The second kappa shape index (κ2) is 6.13. The summed E-state index contributed by atoms with van der Waals surface area (Å²) >= 11 is 7.46. The molecule has 0 radical (unpaired) electrons. The number of hydrogen-bond acceptors (Lipinski definition) is 5. The second-order valence-electron chi connectivity index (χ2n) is 3.80. The number of nitrogens with one attached hydrogen (secondary N) is 1. The van der Waals surface area contributed by atoms with E-state index >= 15 is 0 Å². The summed E-state index contributed by atoms with van der Waals surface area (Å²) in [7, 11) is 0. The van der Waals surface area contributed by atoms with Gasteiger partial charge in [-0.05, 0) is 22.4 Å². The molecule has 0 aromatic carbocycles. The fourth-order valence-corrected chi connectivity index (χ4v) is 2.41. The summed E-state index contributed by atoms with van der Waals surface area (Å²) in [6.45, 7) is 2.36. The van der Waals surface area contributed by atoms with Crippen molar-refractivity contribution in [3.05, 3.63) is 39.4 Å². The Kier molecular flexibility index (Phi) is 4.52. The highest BCUT2D eigenvalue weighted by molar-refractivity contribution is 7.07. The van der Waals surface area contributed by atoms with Gasteiger partial charge in [-0.3, -0.25) is 0 Å². The summed E-state index contributed by atoms with van der Waals surface area (Å²) in [5.74, 6) is 1.33. The van der Waals surface area contributed by atoms with Gasteiger partial charge >= 0.3 is 0 Å². The molecule has 4 nitrogen and oxygen atoms in total. The number of aryl methyl sites for hydroxylation is 1. The third kappa shape index (κ3) is 3.41. The minimum absolute atomic E-state index is 0.396. The van der Waals surface area contributed by atoms with Gasteiger partial charge < -0.3 is 10.4 Å². The van der Waals surface area contributed by atoms with Gasteiger partial charge in [-0.25, -0.2) is 9.97 Å². The van der Waals surface area contributed by atoms with Crippen molar-refractivity contribution in [1.29, 1.82) is 0 Å². The molecule has 0 amide bonds. The van der Waals surface area contributed by atoms with E-state index in [4.69, 9.17) is 11.6 Å². The van der Waals surface area contributed by atoms with Gasteiger partial charge in [0.25, 0.3) is 0 Å². The van der Waals surface area contributed by atoms with Crippen LogP contribution in [0.5, 0.6) is 0 Å². The Hall–Kier alpha value is -1.17. The summed E-state index contributed by atoms with van der Waals surface area (Å²) in [5.41, 5.74) is 0.906. The van der Waals surface area contributed by atoms with E-state index in [1.807, 2.05) is 23.8 Å². The molecule has 6 heteroatoms. The first-order chi connectivity index (χ1) is 8.69. The van der Waals surface area contributed by atoms with Crippen molar-refractivity contribution in [2.45, 2.75) is 19.4 Å². The molecule has 0 spiro atoms. The van der Waals surface area contributed by atoms with E-state index in [1.54, 1.807) is 17.4 Å². The lowest BCUT2D eigenvalue weighted by atomic mass is 10.2. The van der Waals surface area contributed by atoms with Crippen molar-refractivity contribution >= 4 is 28.8 Å². The van der Waals surface area contributed by atoms with Crippen LogP contribution in [0.25, 0.3) is 0 Å². The monoisotopic (exact) mass is 283 g/mol. The molecule has 2 heterocycles. The van der Waals surface area contributed by atoms with Gasteiger partial charge in [0.15, 0.2) is 0 Å². The molecule has 0 aliphatic heterocycles. The molecule has 0 aliphatic rings. The normalized spacial score (nSPS) is 12.4. The van der Waals surface area contributed by atoms with Gasteiger partial charge in [-0.2, -0.15) is 11.3 Å². The Morgan fingerprint density at radius 1 is 1.50 bits per heavy atom. The predicted octanol–water partition coefficient (Wildman–Crippen LogP) is 2.90. The molecule has 2 rings (SSSR count). The smallest absolute Gasteiger partial charge is 0.134 e. The SMILES string of the molecule is CCc1nc(Cl)cc(NCC(O)c2ccsc2)n1. The average molecular weight is 284 g/mol. The van der Waals surface area contributed by atoms with Gasteiger partial charge in [0.2, 0.25) is 0 Å². The van der Waals surface area contributed by atoms with E-state index < -0.39 is 6.10 Å². The number of anilines is 1. The zero-order valence-corrected chi connectivity index (χ0v) is 11.5. The maximum absolute atomic E-state index is 9.93. The van der Waals surface area contributed by atoms with E-state index in [9.17, 15) is 5.11 Å². The van der Waals surface area contributed by atoms with E-state index in [-0.39, 0.29) is 0 Å². The van der Waals surface area contributed by atoms with Gasteiger partial charge in [-0.1, -0.05) is 18.5 Å². The number of thiophene rings is 1. The van der Waals surface area contributed by atoms with Crippen LogP contribution in [-0.4, -0.2) is 21.6 Å². The van der Waals surface area contributed by atoms with Gasteiger partial charge in [-0.15, -0.1) is 0 Å². The van der Waals surface area contributed by atoms with Crippen LogP contribution in [-0.2, 0) is 6.42 Å². The minimum atomic E-state index is -0.546. The molecule has 2 aromatic rings. The summed E-state index contributed by atoms with van der Waals surface area (Å²) in [5, 5.41) is 17.3. The number of aromatic nitrogens is 2. The van der Waals surface area contributed by atoms with Crippen LogP contribution in [0.4, 0.5) is 5.82 Å². The van der Waals surface area contributed by atoms with Crippen LogP contribution < -0.4 is 5.32 Å². The Morgan fingerprint density at radius 2 is 2.33 bits per heavy atom. The average Bonchev–Trinajstić information content (AvgIpc) is 2.89. The number of hydrogen-bond donors (Lipinski definition) is 2. The number of aliphatic hydroxyl groups is 1. The minimum Gasteiger partial charge on any atom is -0.387 e. The Morgan fingerprint density at radius 3 is 3.00 bits per heavy atom. The zero-order chi connectivity index (χ0) is 13.0. The van der Waals surface area contributed by atoms with Crippen LogP contribution in [0.3, 0.4) is 0 Å². The molecule has 0 fully saturated rings. The first-order valence-electron chi connectivity index (χ1n) is 5.66. The molecular weight excluding hydrogens is 270 g/mol. The quantitative estimate of drug-likeness (QED) is 0.829. The van der Waals surface area contributed by atoms with Crippen LogP contribution in [0.15, 0.2) is 22.9 Å². The van der Waals surface area contributed by atoms with Crippen molar-refractivity contribution in [3.8, 4) is 0 Å². The van der Waals surface area contributed by atoms with Crippen molar-refractivity contribution < 1.29 is 5.11 Å². The molecule has 1 unspecified atom stereocenters. The van der Waals surface area contributed by atoms with Gasteiger partial charge in [0.1, 0.15) is 16.8 Å². The fraction of sp³-hybridized carbons (Fsp3) is 0.333. The van der Waals surface area contributed by atoms with E-state index in [0.29, 0.717) is 23.3 Å². The lowest BCUT2D eigenvalue weighted by Crippen LogP contribution is -2.13. The van der Waals surface area contributed by atoms with E-state index in [2.05, 4.69) is 15.3 Å². The molecule has 1 atom stereocenters. The maximum Gasteiger partial charge on any atom is 0.134 e. The fourth-order valence-electron chi connectivity index (χ4n) is 1.50. The predicted molar refractivity (Wildman–Crippen MR) is 74.2 cm³/mol. The molecule has 0 saturated heterocycles. The van der Waals surface area contributed by atoms with Gasteiger partial charge in [0, 0.05) is 19.0 Å². The number of halogens is 1. The molecule has 2 aromatic heterocycles. The third-order valence-corrected chi connectivity index (χ3v) is 3.36. The molecule has 2 N–H and O–H groups in total. The molecule has 18 heavy (non-hydrogen) atoms. The molecule has 0 aliphatic carbocycles. The van der Waals surface area contributed by atoms with E-state index in [0.717, 1.165) is 12.0 Å². The Balaban J connectivity index is 1.99. The first-order valence-corrected chi connectivity index (χ1v) is 6.98. The maximum atomic E-state index is 9.93. The summed E-state index contributed by atoms with van der Waals surface area (Å²) in [6.07, 6.45) is 0.178. The van der Waals surface area contributed by atoms with Crippen LogP contribution >= 0.6 is 22.9 Å². The molecular formula is C12H14ClN3OS. The number of nitrogens with zero attached hydrogens (tertiary/aromatic N) is 2. The standard InChI is InChI=1S/C12H14ClN3OS/c1-2-11-15-10(13)5-12(16-11)14-6-9(17)8-3-4-18-7-8/h3-5,7,9,17H,2,6H2,1H3,(H,14,15,16). The van der Waals surface area contributed by atoms with Crippen molar-refractivity contribution in [2.75, 3.05) is 11.9 Å². The third-order valence-electron chi connectivity index (χ3n) is 2.46. The summed E-state index contributed by atoms with van der Waals surface area (Å²) in [4.78, 5) is 8.37. The van der Waals surface area contributed by atoms with Crippen LogP contribution in [0.2, 0.25) is 5.15 Å². The Labute approximate surface area is 115 Å². The van der Waals surface area contributed by atoms with Crippen LogP contribution in [0.1, 0.15) is 24.4 Å². The van der Waals surface area contributed by atoms with Crippen molar-refractivity contribution in [1.82, 2.24) is 9.97 Å². The molecule has 96 valence electrons. The van der Waals surface area contributed by atoms with E-state index in [1.165, 1.54) is 0 Å². The number of rotatable bonds is 5. The lowest BCUT2D eigenvalue weighted by molar-refractivity contribution is 0.192. The van der Waals surface area contributed by atoms with Gasteiger partial charge in [0.05, 0.1) is 6.10 Å². The second-order valence-corrected chi connectivity index (χ2v) is 4.97. The number of aliphatic hydroxyl groups excluding tert-OH is 1.